The summed E-state index contributed by atoms with van der Waals surface area (Å²) in [5, 5.41) is 18.9. The molecule has 1 heterocycles. The van der Waals surface area contributed by atoms with Gasteiger partial charge in [-0.3, -0.25) is 9.69 Å². The van der Waals surface area contributed by atoms with Gasteiger partial charge in [0.15, 0.2) is 5.78 Å². The molecule has 1 aliphatic rings. The Morgan fingerprint density at radius 2 is 1.95 bits per heavy atom. The van der Waals surface area contributed by atoms with Crippen molar-refractivity contribution in [3.8, 4) is 0 Å². The van der Waals surface area contributed by atoms with E-state index in [2.05, 4.69) is 4.90 Å². The molecule has 0 aromatic rings. The molecule has 120 valence electrons. The Morgan fingerprint density at radius 1 is 1.27 bits per heavy atom. The molecule has 1 rings (SSSR count). The van der Waals surface area contributed by atoms with Crippen LogP contribution in [0.3, 0.4) is 0 Å². The standard InChI is InChI=1S/C15H26NO4.Na.U/c17-12-6-5-10-16-11-9-14(18)13(16)7-3-1-2-4-8-15(19)20;;/h12-13,17H,1-11H2,(H,19,20);;/q-1;+1;/p-1/t13-;;/m0../s1. The number of rotatable bonds is 11. The van der Waals surface area contributed by atoms with Crippen molar-refractivity contribution in [3.05, 3.63) is 6.61 Å². The first-order valence-electron chi connectivity index (χ1n) is 7.57. The number of Topliss-reactive ketones (excluding diaryl/α,β-unsaturated/α-hetero) is 1. The quantitative estimate of drug-likeness (QED) is 0.186. The molecule has 1 atom stereocenters. The summed E-state index contributed by atoms with van der Waals surface area (Å²) in [4.78, 5) is 24.3. The van der Waals surface area contributed by atoms with E-state index >= 15 is 0 Å². The van der Waals surface area contributed by atoms with Crippen LogP contribution in [0.25, 0.3) is 0 Å². The number of carbonyl (C=O) groups is 2. The van der Waals surface area contributed by atoms with Gasteiger partial charge in [-0.2, -0.15) is 6.42 Å². The van der Waals surface area contributed by atoms with Crippen LogP contribution in [-0.4, -0.2) is 40.9 Å². The zero-order valence-corrected chi connectivity index (χ0v) is 19.7. The number of nitrogens with zero attached hydrogens (tertiary/aromatic N) is 1. The number of aliphatic hydroxyl groups is 1. The van der Waals surface area contributed by atoms with Crippen LogP contribution in [0, 0.1) is 37.7 Å². The molecule has 22 heavy (non-hydrogen) atoms. The fourth-order valence-corrected chi connectivity index (χ4v) is 2.74. The largest absolute Gasteiger partial charge is 1.00 e. The summed E-state index contributed by atoms with van der Waals surface area (Å²) in [7, 11) is 0. The summed E-state index contributed by atoms with van der Waals surface area (Å²) in [6, 6.07) is 0.0369. The average Bonchev–Trinajstić information content (AvgIpc) is 2.75. The minimum atomic E-state index is -0.983. The van der Waals surface area contributed by atoms with Crippen molar-refractivity contribution in [2.24, 2.45) is 0 Å². The molecule has 0 aromatic heterocycles. The summed E-state index contributed by atoms with van der Waals surface area (Å²) < 4.78 is 0. The van der Waals surface area contributed by atoms with Gasteiger partial charge in [-0.05, 0) is 25.8 Å². The van der Waals surface area contributed by atoms with Crippen molar-refractivity contribution in [1.82, 2.24) is 4.90 Å². The van der Waals surface area contributed by atoms with Crippen LogP contribution in [0.15, 0.2) is 0 Å². The molecule has 5 nitrogen and oxygen atoms in total. The molecular weight excluding hydrogens is 519 g/mol. The van der Waals surface area contributed by atoms with E-state index in [1.807, 2.05) is 0 Å². The minimum Gasteiger partial charge on any atom is -0.566 e. The van der Waals surface area contributed by atoms with Gasteiger partial charge in [0.1, 0.15) is 0 Å². The van der Waals surface area contributed by atoms with E-state index in [0.29, 0.717) is 25.0 Å². The van der Waals surface area contributed by atoms with Crippen LogP contribution in [0.2, 0.25) is 0 Å². The normalized spacial score (nSPS) is 17.9. The SMILES string of the molecule is O=C([O-])CCCCCC[C@H]1C(=O)CCN1CCC[CH-]O.[Na+].[U]. The Morgan fingerprint density at radius 3 is 2.59 bits per heavy atom. The maximum Gasteiger partial charge on any atom is 1.00 e. The van der Waals surface area contributed by atoms with Crippen molar-refractivity contribution >= 4 is 11.8 Å². The number of hydrogen-bond acceptors (Lipinski definition) is 5. The van der Waals surface area contributed by atoms with E-state index in [9.17, 15) is 14.7 Å². The molecule has 0 radical (unpaired) electrons. The van der Waals surface area contributed by atoms with Crippen LogP contribution in [0.5, 0.6) is 0 Å². The maximum absolute atomic E-state index is 11.8. The predicted octanol–water partition coefficient (Wildman–Crippen LogP) is -1.96. The van der Waals surface area contributed by atoms with E-state index in [1.54, 1.807) is 0 Å². The van der Waals surface area contributed by atoms with E-state index < -0.39 is 5.97 Å². The smallest absolute Gasteiger partial charge is 0.566 e. The second-order valence-corrected chi connectivity index (χ2v) is 5.42. The summed E-state index contributed by atoms with van der Waals surface area (Å²) in [5.41, 5.74) is 0. The minimum absolute atomic E-state index is 0. The van der Waals surface area contributed by atoms with Crippen molar-refractivity contribution in [1.29, 1.82) is 0 Å². The van der Waals surface area contributed by atoms with E-state index in [4.69, 9.17) is 5.11 Å². The molecule has 0 aliphatic carbocycles. The number of aliphatic carboxylic acids is 1. The third-order valence-electron chi connectivity index (χ3n) is 3.84. The van der Waals surface area contributed by atoms with Gasteiger partial charge in [-0.15, -0.1) is 0 Å². The predicted molar refractivity (Wildman–Crippen MR) is 73.2 cm³/mol. The number of likely N-dealkylation sites (tertiary alicyclic amines) is 1. The number of carbonyl (C=O) groups excluding carboxylic acids is 2. The van der Waals surface area contributed by atoms with E-state index in [1.165, 1.54) is 6.61 Å². The average molecular weight is 544 g/mol. The first-order chi connectivity index (χ1) is 9.65. The molecule has 0 amide bonds. The summed E-state index contributed by atoms with van der Waals surface area (Å²) in [6.45, 7) is 2.86. The third kappa shape index (κ3) is 10.8. The van der Waals surface area contributed by atoms with Gasteiger partial charge in [0.2, 0.25) is 0 Å². The molecule has 1 saturated heterocycles. The molecule has 0 aromatic carbocycles. The molecule has 1 aliphatic heterocycles. The van der Waals surface area contributed by atoms with Gasteiger partial charge in [0, 0.05) is 50.0 Å². The monoisotopic (exact) mass is 544 g/mol. The fourth-order valence-electron chi connectivity index (χ4n) is 2.74. The van der Waals surface area contributed by atoms with Crippen LogP contribution in [-0.2, 0) is 9.59 Å². The van der Waals surface area contributed by atoms with Gasteiger partial charge >= 0.3 is 29.6 Å². The second kappa shape index (κ2) is 15.6. The van der Waals surface area contributed by atoms with Crippen molar-refractivity contribution in [3.63, 3.8) is 0 Å². The Hall–Kier alpha value is 1.11. The molecule has 0 saturated carbocycles. The molecule has 7 heteroatoms. The molecule has 0 unspecified atom stereocenters. The topological polar surface area (TPSA) is 80.7 Å². The first-order valence-corrected chi connectivity index (χ1v) is 7.57. The first kappa shape index (κ1) is 25.4. The van der Waals surface area contributed by atoms with Crippen molar-refractivity contribution < 1.29 is 80.5 Å². The maximum atomic E-state index is 11.8. The number of carboxylic acid groups (broad SMARTS) is 1. The zero-order valence-electron chi connectivity index (χ0n) is 13.6. The third-order valence-corrected chi connectivity index (χ3v) is 3.84. The summed E-state index contributed by atoms with van der Waals surface area (Å²) in [5.74, 6) is -0.657. The Labute approximate surface area is 179 Å². The zero-order chi connectivity index (χ0) is 14.8. The number of carboxylic acids is 1. The van der Waals surface area contributed by atoms with Crippen LogP contribution < -0.4 is 34.7 Å². The van der Waals surface area contributed by atoms with E-state index in [-0.39, 0.29) is 73.1 Å². The second-order valence-electron chi connectivity index (χ2n) is 5.42. The molecule has 1 fully saturated rings. The summed E-state index contributed by atoms with van der Waals surface area (Å²) >= 11 is 0. The van der Waals surface area contributed by atoms with Crippen LogP contribution in [0.4, 0.5) is 0 Å². The van der Waals surface area contributed by atoms with Gasteiger partial charge in [-0.1, -0.05) is 25.7 Å². The Bertz CT molecular complexity index is 318. The van der Waals surface area contributed by atoms with Gasteiger partial charge in [0.05, 0.1) is 6.04 Å². The van der Waals surface area contributed by atoms with Crippen molar-refractivity contribution in [2.75, 3.05) is 13.1 Å². The molecule has 0 spiro atoms. The molecule has 1 N–H and O–H groups in total. The Balaban J connectivity index is 0. The number of hydrogen-bond donors (Lipinski definition) is 1. The Kier molecular flexibility index (Phi) is 18.0. The number of unbranched alkanes of at least 4 members (excludes halogenated alkanes) is 4. The number of aliphatic hydroxyl groups excluding tert-OH is 1. The molecular formula is C15H25NNaO4U-. The summed E-state index contributed by atoms with van der Waals surface area (Å²) in [6.07, 6.45) is 6.66. The van der Waals surface area contributed by atoms with Crippen LogP contribution >= 0.6 is 0 Å². The molecule has 0 bridgehead atoms. The van der Waals surface area contributed by atoms with Crippen LogP contribution in [0.1, 0.15) is 57.8 Å². The van der Waals surface area contributed by atoms with Gasteiger partial charge < -0.3 is 15.0 Å². The van der Waals surface area contributed by atoms with Gasteiger partial charge in [-0.25, -0.2) is 6.61 Å². The number of ketones is 1. The van der Waals surface area contributed by atoms with E-state index in [0.717, 1.165) is 45.2 Å². The van der Waals surface area contributed by atoms with Crippen molar-refractivity contribution in [2.45, 2.75) is 63.8 Å². The fraction of sp³-hybridized carbons (Fsp3) is 0.800. The van der Waals surface area contributed by atoms with Gasteiger partial charge in [0.25, 0.3) is 0 Å².